The van der Waals surface area contributed by atoms with E-state index in [1.807, 2.05) is 24.3 Å². The molecule has 0 bridgehead atoms. The lowest BCUT2D eigenvalue weighted by Gasteiger charge is -2.48. The first kappa shape index (κ1) is 16.7. The summed E-state index contributed by atoms with van der Waals surface area (Å²) in [6.07, 6.45) is 0. The van der Waals surface area contributed by atoms with Crippen molar-refractivity contribution in [2.45, 2.75) is 18.6 Å². The van der Waals surface area contributed by atoms with Gasteiger partial charge in [-0.05, 0) is 17.7 Å². The van der Waals surface area contributed by atoms with Gasteiger partial charge < -0.3 is 19.6 Å². The van der Waals surface area contributed by atoms with Crippen LogP contribution in [0.1, 0.15) is 5.56 Å². The van der Waals surface area contributed by atoms with Crippen LogP contribution in [0.3, 0.4) is 0 Å². The van der Waals surface area contributed by atoms with Crippen molar-refractivity contribution in [3.05, 3.63) is 29.8 Å². The second-order valence-corrected chi connectivity index (χ2v) is 6.28. The minimum absolute atomic E-state index is 0.104. The Balaban J connectivity index is 1.69. The number of rotatable bonds is 4. The van der Waals surface area contributed by atoms with Gasteiger partial charge in [0.1, 0.15) is 17.8 Å². The highest BCUT2D eigenvalue weighted by Crippen LogP contribution is 2.22. The summed E-state index contributed by atoms with van der Waals surface area (Å²) in [5, 5.41) is 9.37. The van der Waals surface area contributed by atoms with Gasteiger partial charge in [-0.2, -0.15) is 0 Å². The average molecular weight is 333 g/mol. The zero-order valence-electron chi connectivity index (χ0n) is 14.0. The van der Waals surface area contributed by atoms with E-state index < -0.39 is 12.1 Å². The van der Waals surface area contributed by atoms with Crippen LogP contribution in [0.2, 0.25) is 0 Å². The van der Waals surface area contributed by atoms with Gasteiger partial charge in [-0.25, -0.2) is 0 Å². The van der Waals surface area contributed by atoms with Crippen molar-refractivity contribution in [1.82, 2.24) is 14.7 Å². The maximum absolute atomic E-state index is 12.5. The number of hydrogen-bond acceptors (Lipinski definition) is 5. The number of piperazine rings is 2. The van der Waals surface area contributed by atoms with Crippen molar-refractivity contribution in [2.24, 2.45) is 0 Å². The van der Waals surface area contributed by atoms with E-state index in [4.69, 9.17) is 4.74 Å². The molecule has 2 amide bonds. The highest BCUT2D eigenvalue weighted by molar-refractivity contribution is 5.97. The summed E-state index contributed by atoms with van der Waals surface area (Å²) in [5.41, 5.74) is 1.14. The summed E-state index contributed by atoms with van der Waals surface area (Å²) >= 11 is 0. The molecule has 7 nitrogen and oxygen atoms in total. The fourth-order valence-corrected chi connectivity index (χ4v) is 3.39. The molecule has 130 valence electrons. The Morgan fingerprint density at radius 3 is 2.50 bits per heavy atom. The monoisotopic (exact) mass is 333 g/mol. The lowest BCUT2D eigenvalue weighted by Crippen LogP contribution is -2.69. The minimum atomic E-state index is -0.748. The first-order chi connectivity index (χ1) is 11.5. The molecule has 7 heteroatoms. The molecule has 0 aromatic heterocycles. The van der Waals surface area contributed by atoms with Crippen molar-refractivity contribution >= 4 is 11.8 Å². The number of amides is 2. The maximum Gasteiger partial charge on any atom is 0.248 e. The van der Waals surface area contributed by atoms with Crippen LogP contribution in [0, 0.1) is 0 Å². The number of fused-ring (bicyclic) bond motifs is 1. The molecule has 1 aromatic carbocycles. The second kappa shape index (κ2) is 6.78. The van der Waals surface area contributed by atoms with Gasteiger partial charge in [0.05, 0.1) is 13.7 Å². The summed E-state index contributed by atoms with van der Waals surface area (Å²) in [5.74, 6) is 0.551. The normalized spacial score (nSPS) is 25.0. The van der Waals surface area contributed by atoms with Crippen molar-refractivity contribution in [1.29, 1.82) is 0 Å². The number of methoxy groups -OCH3 is 1. The number of aliphatic hydroxyl groups excluding tert-OH is 1. The summed E-state index contributed by atoms with van der Waals surface area (Å²) in [7, 11) is 3.22. The molecule has 0 aliphatic carbocycles. The van der Waals surface area contributed by atoms with Crippen molar-refractivity contribution in [3.8, 4) is 5.75 Å². The van der Waals surface area contributed by atoms with Gasteiger partial charge in [0.15, 0.2) is 0 Å². The third kappa shape index (κ3) is 2.97. The van der Waals surface area contributed by atoms with Gasteiger partial charge in [-0.1, -0.05) is 12.1 Å². The van der Waals surface area contributed by atoms with E-state index in [0.29, 0.717) is 19.6 Å². The van der Waals surface area contributed by atoms with E-state index in [1.54, 1.807) is 19.1 Å². The Labute approximate surface area is 141 Å². The molecule has 2 heterocycles. The van der Waals surface area contributed by atoms with E-state index in [0.717, 1.165) is 17.9 Å². The molecule has 2 atom stereocenters. The molecule has 1 aromatic rings. The predicted octanol–water partition coefficient (Wildman–Crippen LogP) is -0.459. The highest BCUT2D eigenvalue weighted by atomic mass is 16.5. The molecule has 2 fully saturated rings. The Bertz CT molecular complexity index is 619. The highest BCUT2D eigenvalue weighted by Gasteiger charge is 2.46. The molecule has 2 aliphatic rings. The number of likely N-dealkylation sites (N-methyl/N-ethyl adjacent to an activating group) is 1. The van der Waals surface area contributed by atoms with Crippen LogP contribution in [0.5, 0.6) is 5.75 Å². The Hall–Kier alpha value is -2.12. The second-order valence-electron chi connectivity index (χ2n) is 6.28. The molecule has 0 unspecified atom stereocenters. The van der Waals surface area contributed by atoms with Crippen LogP contribution in [0.4, 0.5) is 0 Å². The molecule has 24 heavy (non-hydrogen) atoms. The van der Waals surface area contributed by atoms with E-state index in [2.05, 4.69) is 4.90 Å². The fraction of sp³-hybridized carbons (Fsp3) is 0.529. The zero-order valence-corrected chi connectivity index (χ0v) is 14.0. The SMILES string of the molecule is COc1ccc(CN2CCN3C(=O)[C@H](CO)N(C)C(=O)[C@H]3C2)cc1. The number of carbonyl (C=O) groups is 2. The Morgan fingerprint density at radius 1 is 1.17 bits per heavy atom. The summed E-state index contributed by atoms with van der Waals surface area (Å²) in [4.78, 5) is 30.1. The van der Waals surface area contributed by atoms with E-state index in [9.17, 15) is 14.7 Å². The lowest BCUT2D eigenvalue weighted by molar-refractivity contribution is -0.165. The number of hydrogen-bond donors (Lipinski definition) is 1. The van der Waals surface area contributed by atoms with Gasteiger partial charge in [0, 0.05) is 33.2 Å². The van der Waals surface area contributed by atoms with Gasteiger partial charge in [0.25, 0.3) is 0 Å². The van der Waals surface area contributed by atoms with Crippen LogP contribution in [-0.2, 0) is 16.1 Å². The molecular formula is C17H23N3O4. The minimum Gasteiger partial charge on any atom is -0.497 e. The topological polar surface area (TPSA) is 73.3 Å². The first-order valence-electron chi connectivity index (χ1n) is 8.08. The fourth-order valence-electron chi connectivity index (χ4n) is 3.39. The maximum atomic E-state index is 12.5. The van der Waals surface area contributed by atoms with Gasteiger partial charge in [-0.3, -0.25) is 14.5 Å². The average Bonchev–Trinajstić information content (AvgIpc) is 2.61. The van der Waals surface area contributed by atoms with Crippen LogP contribution in [-0.4, -0.2) is 84.1 Å². The van der Waals surface area contributed by atoms with E-state index in [-0.39, 0.29) is 18.4 Å². The van der Waals surface area contributed by atoms with Crippen molar-refractivity contribution in [2.75, 3.05) is 40.4 Å². The molecule has 0 saturated carbocycles. The third-order valence-electron chi connectivity index (χ3n) is 4.87. The molecule has 3 rings (SSSR count). The molecule has 0 radical (unpaired) electrons. The van der Waals surface area contributed by atoms with Crippen LogP contribution >= 0.6 is 0 Å². The van der Waals surface area contributed by atoms with Crippen molar-refractivity contribution < 1.29 is 19.4 Å². The number of nitrogens with zero attached hydrogens (tertiary/aromatic N) is 3. The molecule has 2 aliphatic heterocycles. The summed E-state index contributed by atoms with van der Waals surface area (Å²) < 4.78 is 5.16. The number of benzene rings is 1. The smallest absolute Gasteiger partial charge is 0.248 e. The quantitative estimate of drug-likeness (QED) is 0.807. The predicted molar refractivity (Wildman–Crippen MR) is 87.4 cm³/mol. The van der Waals surface area contributed by atoms with Gasteiger partial charge >= 0.3 is 0 Å². The largest absolute Gasteiger partial charge is 0.497 e. The number of aliphatic hydroxyl groups is 1. The van der Waals surface area contributed by atoms with E-state index in [1.165, 1.54) is 4.90 Å². The van der Waals surface area contributed by atoms with E-state index >= 15 is 0 Å². The van der Waals surface area contributed by atoms with Gasteiger partial charge in [-0.15, -0.1) is 0 Å². The Kier molecular flexibility index (Phi) is 4.73. The summed E-state index contributed by atoms with van der Waals surface area (Å²) in [6.45, 7) is 2.13. The lowest BCUT2D eigenvalue weighted by atomic mass is 10.0. The standard InChI is InChI=1S/C17H23N3O4/c1-18-15(11-21)17(23)20-8-7-19(10-14(20)16(18)22)9-12-3-5-13(24-2)6-4-12/h3-6,14-15,21H,7-11H2,1-2H3/t14-,15+/m1/s1. The molecule has 0 spiro atoms. The first-order valence-corrected chi connectivity index (χ1v) is 8.08. The zero-order chi connectivity index (χ0) is 17.3. The number of ether oxygens (including phenoxy) is 1. The Morgan fingerprint density at radius 2 is 1.88 bits per heavy atom. The molecule has 2 saturated heterocycles. The molecular weight excluding hydrogens is 310 g/mol. The van der Waals surface area contributed by atoms with Crippen LogP contribution in [0.25, 0.3) is 0 Å². The van der Waals surface area contributed by atoms with Crippen LogP contribution in [0.15, 0.2) is 24.3 Å². The third-order valence-corrected chi connectivity index (χ3v) is 4.87. The summed E-state index contributed by atoms with van der Waals surface area (Å²) in [6, 6.07) is 6.64. The van der Waals surface area contributed by atoms with Gasteiger partial charge in [0.2, 0.25) is 11.8 Å². The molecule has 1 N–H and O–H groups in total. The number of carbonyl (C=O) groups excluding carboxylic acids is 2. The van der Waals surface area contributed by atoms with Crippen molar-refractivity contribution in [3.63, 3.8) is 0 Å². The van der Waals surface area contributed by atoms with Crippen LogP contribution < -0.4 is 4.74 Å².